The molecule has 1 atom stereocenters. The van der Waals surface area contributed by atoms with E-state index in [-0.39, 0.29) is 17.8 Å². The van der Waals surface area contributed by atoms with Gasteiger partial charge in [0.25, 0.3) is 11.7 Å². The maximum atomic E-state index is 11.5. The third-order valence-electron chi connectivity index (χ3n) is 2.13. The lowest BCUT2D eigenvalue weighted by Crippen LogP contribution is -2.36. The first-order chi connectivity index (χ1) is 6.75. The minimum Gasteiger partial charge on any atom is -0.345 e. The van der Waals surface area contributed by atoms with E-state index in [9.17, 15) is 4.79 Å². The number of amides is 1. The molecule has 1 saturated heterocycles. The van der Waals surface area contributed by atoms with Crippen molar-refractivity contribution in [3.8, 4) is 0 Å². The normalized spacial score (nSPS) is 21.1. The minimum absolute atomic E-state index is 0.106. The molecule has 1 aliphatic heterocycles. The van der Waals surface area contributed by atoms with E-state index in [4.69, 9.17) is 4.52 Å². The van der Waals surface area contributed by atoms with E-state index in [2.05, 4.69) is 20.8 Å². The second-order valence-corrected chi connectivity index (χ2v) is 3.30. The summed E-state index contributed by atoms with van der Waals surface area (Å²) in [4.78, 5) is 15.3. The van der Waals surface area contributed by atoms with Gasteiger partial charge in [0.1, 0.15) is 0 Å². The molecular weight excluding hydrogens is 184 g/mol. The Morgan fingerprint density at radius 3 is 3.14 bits per heavy atom. The zero-order valence-electron chi connectivity index (χ0n) is 7.91. The molecule has 1 aliphatic rings. The van der Waals surface area contributed by atoms with E-state index < -0.39 is 0 Å². The van der Waals surface area contributed by atoms with Gasteiger partial charge in [-0.1, -0.05) is 5.16 Å². The Kier molecular flexibility index (Phi) is 2.45. The first-order valence-corrected chi connectivity index (χ1v) is 4.57. The third-order valence-corrected chi connectivity index (χ3v) is 2.13. The molecule has 1 aromatic heterocycles. The van der Waals surface area contributed by atoms with Crippen molar-refractivity contribution in [2.75, 3.05) is 13.1 Å². The van der Waals surface area contributed by atoms with E-state index in [1.165, 1.54) is 0 Å². The molecule has 6 nitrogen and oxygen atoms in total. The van der Waals surface area contributed by atoms with Crippen LogP contribution in [-0.2, 0) is 0 Å². The SMILES string of the molecule is Cc1nc(C(=O)NC2CCNC2)no1. The Hall–Kier alpha value is -1.43. The summed E-state index contributed by atoms with van der Waals surface area (Å²) < 4.78 is 4.71. The highest BCUT2D eigenvalue weighted by Crippen LogP contribution is 2.00. The molecule has 1 unspecified atom stereocenters. The Balaban J connectivity index is 1.95. The van der Waals surface area contributed by atoms with Crippen LogP contribution in [0.4, 0.5) is 0 Å². The van der Waals surface area contributed by atoms with Crippen molar-refractivity contribution in [2.45, 2.75) is 19.4 Å². The summed E-state index contributed by atoms with van der Waals surface area (Å²) in [6.45, 7) is 3.40. The van der Waals surface area contributed by atoms with Crippen LogP contribution < -0.4 is 10.6 Å². The second kappa shape index (κ2) is 3.75. The van der Waals surface area contributed by atoms with Gasteiger partial charge in [-0.3, -0.25) is 4.79 Å². The molecule has 1 fully saturated rings. The van der Waals surface area contributed by atoms with Crippen LogP contribution in [0, 0.1) is 6.92 Å². The average Bonchev–Trinajstić information content (AvgIpc) is 2.75. The van der Waals surface area contributed by atoms with Crippen molar-refractivity contribution in [1.29, 1.82) is 0 Å². The number of carbonyl (C=O) groups excluding carboxylic acids is 1. The van der Waals surface area contributed by atoms with Gasteiger partial charge < -0.3 is 15.2 Å². The van der Waals surface area contributed by atoms with Crippen molar-refractivity contribution < 1.29 is 9.32 Å². The third kappa shape index (κ3) is 1.90. The number of carbonyl (C=O) groups is 1. The molecule has 0 radical (unpaired) electrons. The predicted molar refractivity (Wildman–Crippen MR) is 47.8 cm³/mol. The Labute approximate surface area is 81.1 Å². The first-order valence-electron chi connectivity index (χ1n) is 4.57. The van der Waals surface area contributed by atoms with Crippen molar-refractivity contribution in [3.63, 3.8) is 0 Å². The van der Waals surface area contributed by atoms with Crippen LogP contribution in [0.5, 0.6) is 0 Å². The highest BCUT2D eigenvalue weighted by molar-refractivity contribution is 5.90. The summed E-state index contributed by atoms with van der Waals surface area (Å²) in [7, 11) is 0. The van der Waals surface area contributed by atoms with Crippen molar-refractivity contribution >= 4 is 5.91 Å². The molecule has 0 aromatic carbocycles. The summed E-state index contributed by atoms with van der Waals surface area (Å²) >= 11 is 0. The van der Waals surface area contributed by atoms with Crippen molar-refractivity contribution in [2.24, 2.45) is 0 Å². The first kappa shape index (κ1) is 9.14. The van der Waals surface area contributed by atoms with E-state index in [0.29, 0.717) is 5.89 Å². The van der Waals surface area contributed by atoms with E-state index in [1.807, 2.05) is 0 Å². The minimum atomic E-state index is -0.268. The highest BCUT2D eigenvalue weighted by Gasteiger charge is 2.20. The number of rotatable bonds is 2. The van der Waals surface area contributed by atoms with Gasteiger partial charge in [-0.15, -0.1) is 0 Å². The lowest BCUT2D eigenvalue weighted by Gasteiger charge is -2.08. The zero-order valence-corrected chi connectivity index (χ0v) is 7.91. The van der Waals surface area contributed by atoms with Crippen LogP contribution in [0.1, 0.15) is 22.9 Å². The fourth-order valence-corrected chi connectivity index (χ4v) is 1.42. The summed E-state index contributed by atoms with van der Waals surface area (Å²) in [5.74, 6) is 0.240. The fraction of sp³-hybridized carbons (Fsp3) is 0.625. The molecule has 2 rings (SSSR count). The van der Waals surface area contributed by atoms with Crippen LogP contribution >= 0.6 is 0 Å². The molecule has 1 amide bonds. The lowest BCUT2D eigenvalue weighted by molar-refractivity contribution is 0.0926. The molecule has 0 saturated carbocycles. The summed E-state index contributed by atoms with van der Waals surface area (Å²) in [5, 5.41) is 9.52. The molecule has 14 heavy (non-hydrogen) atoms. The van der Waals surface area contributed by atoms with Crippen molar-refractivity contribution in [3.05, 3.63) is 11.7 Å². The molecule has 76 valence electrons. The molecule has 0 spiro atoms. The van der Waals surface area contributed by atoms with Crippen LogP contribution in [0.3, 0.4) is 0 Å². The molecule has 0 aliphatic carbocycles. The average molecular weight is 196 g/mol. The molecular formula is C8H12N4O2. The van der Waals surface area contributed by atoms with E-state index >= 15 is 0 Å². The Morgan fingerprint density at radius 1 is 1.71 bits per heavy atom. The number of hydrogen-bond donors (Lipinski definition) is 2. The van der Waals surface area contributed by atoms with Crippen LogP contribution in [0.2, 0.25) is 0 Å². The summed E-state index contributed by atoms with van der Waals surface area (Å²) in [6.07, 6.45) is 0.947. The maximum absolute atomic E-state index is 11.5. The second-order valence-electron chi connectivity index (χ2n) is 3.30. The Morgan fingerprint density at radius 2 is 2.57 bits per heavy atom. The Bertz CT molecular complexity index is 330. The van der Waals surface area contributed by atoms with E-state index in [0.717, 1.165) is 19.5 Å². The van der Waals surface area contributed by atoms with Gasteiger partial charge in [-0.2, -0.15) is 4.98 Å². The predicted octanol–water partition coefficient (Wildman–Crippen LogP) is -0.530. The van der Waals surface area contributed by atoms with Crippen LogP contribution in [-0.4, -0.2) is 35.2 Å². The van der Waals surface area contributed by atoms with Gasteiger partial charge in [0.2, 0.25) is 5.89 Å². The largest absolute Gasteiger partial charge is 0.345 e. The van der Waals surface area contributed by atoms with Gasteiger partial charge in [-0.25, -0.2) is 0 Å². The van der Waals surface area contributed by atoms with Gasteiger partial charge in [-0.05, 0) is 13.0 Å². The summed E-state index contributed by atoms with van der Waals surface area (Å²) in [5.41, 5.74) is 0. The monoisotopic (exact) mass is 196 g/mol. The molecule has 0 bridgehead atoms. The lowest BCUT2D eigenvalue weighted by atomic mass is 10.2. The number of aromatic nitrogens is 2. The maximum Gasteiger partial charge on any atom is 0.292 e. The standard InChI is InChI=1S/C8H12N4O2/c1-5-10-7(12-14-5)8(13)11-6-2-3-9-4-6/h6,9H,2-4H2,1H3,(H,11,13). The van der Waals surface area contributed by atoms with Gasteiger partial charge in [0, 0.05) is 19.5 Å². The molecule has 2 N–H and O–H groups in total. The number of nitrogens with zero attached hydrogens (tertiary/aromatic N) is 2. The van der Waals surface area contributed by atoms with Gasteiger partial charge in [0.05, 0.1) is 0 Å². The van der Waals surface area contributed by atoms with Crippen molar-refractivity contribution in [1.82, 2.24) is 20.8 Å². The fourth-order valence-electron chi connectivity index (χ4n) is 1.42. The van der Waals surface area contributed by atoms with E-state index in [1.54, 1.807) is 6.92 Å². The molecule has 2 heterocycles. The zero-order chi connectivity index (χ0) is 9.97. The smallest absolute Gasteiger partial charge is 0.292 e. The topological polar surface area (TPSA) is 80.0 Å². The highest BCUT2D eigenvalue weighted by atomic mass is 16.5. The van der Waals surface area contributed by atoms with Crippen LogP contribution in [0.15, 0.2) is 4.52 Å². The van der Waals surface area contributed by atoms with Crippen LogP contribution in [0.25, 0.3) is 0 Å². The number of aryl methyl sites for hydroxylation is 1. The van der Waals surface area contributed by atoms with Gasteiger partial charge in [0.15, 0.2) is 0 Å². The molecule has 6 heteroatoms. The molecule has 1 aromatic rings. The summed E-state index contributed by atoms with van der Waals surface area (Å²) in [6, 6.07) is 0.182. The quantitative estimate of drug-likeness (QED) is 0.664. The number of nitrogens with one attached hydrogen (secondary N) is 2. The van der Waals surface area contributed by atoms with Gasteiger partial charge >= 0.3 is 0 Å². The number of hydrogen-bond acceptors (Lipinski definition) is 5.